The van der Waals surface area contributed by atoms with E-state index in [2.05, 4.69) is 133 Å². The fourth-order valence-electron chi connectivity index (χ4n) is 4.50. The van der Waals surface area contributed by atoms with Gasteiger partial charge in [0.25, 0.3) is 0 Å². The van der Waals surface area contributed by atoms with Gasteiger partial charge in [0.2, 0.25) is 0 Å². The van der Waals surface area contributed by atoms with Crippen LogP contribution in [0.2, 0.25) is 0 Å². The SMILES string of the molecule is O=S(=O)(O)O.P.c1ccc(-c2ccn[c]([Pd][c]3nccc(-c4ccccc4)c3-c3ccccc3)c2-c2ccccc2)cc1. The van der Waals surface area contributed by atoms with Crippen molar-refractivity contribution in [3.05, 3.63) is 146 Å². The minimum atomic E-state index is -4.67. The third kappa shape index (κ3) is 8.59. The Kier molecular flexibility index (Phi) is 11.2. The number of hydrogen-bond acceptors (Lipinski definition) is 4. The van der Waals surface area contributed by atoms with E-state index in [4.69, 9.17) is 27.5 Å². The summed E-state index contributed by atoms with van der Waals surface area (Å²) in [4.78, 5) is 9.91. The third-order valence-corrected chi connectivity index (χ3v) is 8.12. The van der Waals surface area contributed by atoms with Crippen molar-refractivity contribution in [1.29, 1.82) is 0 Å². The second-order valence-corrected chi connectivity index (χ2v) is 11.7. The van der Waals surface area contributed by atoms with Gasteiger partial charge in [-0.1, -0.05) is 0 Å². The summed E-state index contributed by atoms with van der Waals surface area (Å²) in [6, 6.07) is 46.6. The Balaban J connectivity index is 0.000000654. The molecule has 9 heteroatoms. The van der Waals surface area contributed by atoms with Crippen LogP contribution in [0.3, 0.4) is 0 Å². The zero-order valence-corrected chi connectivity index (χ0v) is 26.7. The van der Waals surface area contributed by atoms with Crippen molar-refractivity contribution in [2.45, 2.75) is 0 Å². The predicted molar refractivity (Wildman–Crippen MR) is 175 cm³/mol. The third-order valence-electron chi connectivity index (χ3n) is 6.21. The van der Waals surface area contributed by atoms with Crippen LogP contribution in [0.4, 0.5) is 0 Å². The van der Waals surface area contributed by atoms with Gasteiger partial charge in [0, 0.05) is 0 Å². The fourth-order valence-corrected chi connectivity index (χ4v) is 6.53. The van der Waals surface area contributed by atoms with Crippen molar-refractivity contribution in [3.63, 3.8) is 0 Å². The molecule has 2 aromatic heterocycles. The Morgan fingerprint density at radius 2 is 0.744 bits per heavy atom. The molecule has 0 aliphatic rings. The summed E-state index contributed by atoms with van der Waals surface area (Å²) in [6.07, 6.45) is 3.87. The molecule has 0 aliphatic heterocycles. The number of benzene rings is 4. The molecule has 43 heavy (non-hydrogen) atoms. The number of pyridine rings is 2. The Hall–Kier alpha value is -3.86. The first-order valence-corrected chi connectivity index (χ1v) is 15.8. The molecule has 0 fully saturated rings. The molecule has 6 nitrogen and oxygen atoms in total. The summed E-state index contributed by atoms with van der Waals surface area (Å²) in [5.74, 6) is 0. The van der Waals surface area contributed by atoms with Crippen LogP contribution in [-0.2, 0) is 28.4 Å². The quantitative estimate of drug-likeness (QED) is 0.116. The van der Waals surface area contributed by atoms with Crippen molar-refractivity contribution < 1.29 is 35.5 Å². The molecular formula is C34H29N2O4PPdS. The van der Waals surface area contributed by atoms with Crippen LogP contribution in [0, 0.1) is 0 Å². The van der Waals surface area contributed by atoms with Crippen molar-refractivity contribution >= 4 is 28.6 Å². The van der Waals surface area contributed by atoms with E-state index >= 15 is 0 Å². The molecule has 6 aromatic rings. The molecule has 220 valence electrons. The van der Waals surface area contributed by atoms with Crippen LogP contribution in [0.15, 0.2) is 146 Å². The van der Waals surface area contributed by atoms with Crippen LogP contribution in [0.5, 0.6) is 0 Å². The molecule has 0 radical (unpaired) electrons. The molecule has 2 heterocycles. The van der Waals surface area contributed by atoms with Gasteiger partial charge in [0.05, 0.1) is 0 Å². The van der Waals surface area contributed by atoms with Crippen LogP contribution < -0.4 is 8.33 Å². The van der Waals surface area contributed by atoms with Crippen LogP contribution in [-0.4, -0.2) is 27.5 Å². The molecule has 0 aliphatic carbocycles. The van der Waals surface area contributed by atoms with E-state index in [1.807, 2.05) is 12.4 Å². The second-order valence-electron chi connectivity index (χ2n) is 8.98. The van der Waals surface area contributed by atoms with Gasteiger partial charge in [0.15, 0.2) is 0 Å². The topological polar surface area (TPSA) is 100 Å². The van der Waals surface area contributed by atoms with Gasteiger partial charge in [0.1, 0.15) is 0 Å². The van der Waals surface area contributed by atoms with E-state index < -0.39 is 10.4 Å². The molecule has 2 N–H and O–H groups in total. The van der Waals surface area contributed by atoms with Gasteiger partial charge in [-0.3, -0.25) is 9.11 Å². The van der Waals surface area contributed by atoms with Crippen LogP contribution in [0.1, 0.15) is 0 Å². The summed E-state index contributed by atoms with van der Waals surface area (Å²) in [5.41, 5.74) is 9.45. The molecule has 1 atom stereocenters. The Morgan fingerprint density at radius 1 is 0.465 bits per heavy atom. The summed E-state index contributed by atoms with van der Waals surface area (Å²) in [6.45, 7) is 0. The van der Waals surface area contributed by atoms with E-state index in [1.165, 1.54) is 44.5 Å². The van der Waals surface area contributed by atoms with Gasteiger partial charge in [-0.05, 0) is 0 Å². The normalized spacial score (nSPS) is 10.7. The van der Waals surface area contributed by atoms with Gasteiger partial charge in [-0.25, -0.2) is 0 Å². The zero-order chi connectivity index (χ0) is 29.4. The van der Waals surface area contributed by atoms with Gasteiger partial charge < -0.3 is 0 Å². The van der Waals surface area contributed by atoms with Crippen molar-refractivity contribution in [1.82, 2.24) is 9.97 Å². The Morgan fingerprint density at radius 3 is 1.05 bits per heavy atom. The fraction of sp³-hybridized carbons (Fsp3) is 0. The summed E-state index contributed by atoms with van der Waals surface area (Å²) < 4.78 is 33.7. The first-order valence-electron chi connectivity index (χ1n) is 12.9. The maximum atomic E-state index is 8.74. The molecule has 0 spiro atoms. The number of nitrogens with zero attached hydrogens (tertiary/aromatic N) is 2. The Labute approximate surface area is 263 Å². The predicted octanol–water partition coefficient (Wildman–Crippen LogP) is 6.58. The van der Waals surface area contributed by atoms with Crippen molar-refractivity contribution in [2.75, 3.05) is 0 Å². The number of rotatable bonds is 6. The molecular weight excluding hydrogens is 670 g/mol. The van der Waals surface area contributed by atoms with Crippen LogP contribution in [0.25, 0.3) is 44.5 Å². The van der Waals surface area contributed by atoms with Gasteiger partial charge in [-0.15, -0.1) is 0 Å². The van der Waals surface area contributed by atoms with E-state index in [9.17, 15) is 0 Å². The van der Waals surface area contributed by atoms with E-state index in [-0.39, 0.29) is 27.9 Å². The molecule has 6 rings (SSSR count). The van der Waals surface area contributed by atoms with Crippen molar-refractivity contribution in [3.8, 4) is 44.5 Å². The van der Waals surface area contributed by atoms with Crippen molar-refractivity contribution in [2.24, 2.45) is 0 Å². The van der Waals surface area contributed by atoms with E-state index in [1.54, 1.807) is 0 Å². The minimum absolute atomic E-state index is 0. The maximum absolute atomic E-state index is 8.74. The number of aromatic nitrogens is 2. The summed E-state index contributed by atoms with van der Waals surface area (Å²) in [7, 11) is -4.67. The zero-order valence-electron chi connectivity index (χ0n) is 22.9. The standard InChI is InChI=1S/2C17H12N.H2O4S.H3P.Pd/c2*1-3-7-14(8-4-1)16-11-12-18-13-17(16)15-9-5-2-6-10-15;1-5(2,3)4;;/h2*1-12H;(H2,1,2,3,4);1H3;. The molecule has 0 bridgehead atoms. The summed E-state index contributed by atoms with van der Waals surface area (Å²) in [5, 5.41) is 0. The molecule has 0 saturated carbocycles. The average molecular weight is 699 g/mol. The average Bonchev–Trinajstić information content (AvgIpc) is 3.02. The summed E-state index contributed by atoms with van der Waals surface area (Å²) >= 11 is 0.0178. The molecule has 0 saturated heterocycles. The monoisotopic (exact) mass is 698 g/mol. The molecule has 1 unspecified atom stereocenters. The first kappa shape index (κ1) is 32.1. The van der Waals surface area contributed by atoms with E-state index in [0.29, 0.717) is 0 Å². The second kappa shape index (κ2) is 15.0. The first-order chi connectivity index (χ1) is 20.4. The molecule has 0 amide bonds. The Bertz CT molecular complexity index is 1750. The van der Waals surface area contributed by atoms with E-state index in [0.717, 1.165) is 8.33 Å². The van der Waals surface area contributed by atoms with Crippen LogP contribution >= 0.6 is 9.90 Å². The molecule has 4 aromatic carbocycles. The number of hydrogen-bond donors (Lipinski definition) is 2. The van der Waals surface area contributed by atoms with Gasteiger partial charge in [-0.2, -0.15) is 18.3 Å². The van der Waals surface area contributed by atoms with Gasteiger partial charge >= 0.3 is 237 Å².